The maximum atomic E-state index is 13.3. The number of benzene rings is 2. The topological polar surface area (TPSA) is 76.6 Å². The first-order valence-corrected chi connectivity index (χ1v) is 10.8. The van der Waals surface area contributed by atoms with Crippen LogP contribution in [0.4, 0.5) is 13.2 Å². The van der Waals surface area contributed by atoms with Crippen LogP contribution in [0.1, 0.15) is 24.6 Å². The van der Waals surface area contributed by atoms with Gasteiger partial charge in [0.25, 0.3) is 0 Å². The second-order valence-electron chi connectivity index (χ2n) is 7.06. The van der Waals surface area contributed by atoms with Gasteiger partial charge in [0.2, 0.25) is 10.0 Å². The predicted molar refractivity (Wildman–Crippen MR) is 106 cm³/mol. The van der Waals surface area contributed by atoms with Crippen LogP contribution in [-0.2, 0) is 14.8 Å². The van der Waals surface area contributed by atoms with E-state index in [1.165, 1.54) is 4.31 Å². The molecule has 1 aromatic heterocycles. The molecule has 0 saturated carbocycles. The van der Waals surface area contributed by atoms with Gasteiger partial charge in [0.15, 0.2) is 0 Å². The molecule has 1 aliphatic rings. The molecule has 1 atom stereocenters. The number of halogens is 3. The first-order chi connectivity index (χ1) is 14.6. The molecule has 0 bridgehead atoms. The van der Waals surface area contributed by atoms with Gasteiger partial charge < -0.3 is 4.74 Å². The molecule has 1 saturated heterocycles. The summed E-state index contributed by atoms with van der Waals surface area (Å²) in [5.74, 6) is -0.604. The Kier molecular flexibility index (Phi) is 5.44. The average molecular weight is 450 g/mol. The van der Waals surface area contributed by atoms with Crippen LogP contribution in [0.3, 0.4) is 0 Å². The zero-order valence-corrected chi connectivity index (χ0v) is 16.9. The number of Topliss-reactive ketones (excluding diaryl/α,β-unsaturated/α-hetero) is 1. The summed E-state index contributed by atoms with van der Waals surface area (Å²) in [4.78, 5) is 16.4. The van der Waals surface area contributed by atoms with Crippen molar-refractivity contribution in [1.82, 2.24) is 9.29 Å². The molecule has 0 spiro atoms. The Morgan fingerprint density at radius 1 is 1.03 bits per heavy atom. The van der Waals surface area contributed by atoms with Gasteiger partial charge in [-0.3, -0.25) is 9.78 Å². The number of aromatic nitrogens is 1. The van der Waals surface area contributed by atoms with Crippen molar-refractivity contribution < 1.29 is 31.1 Å². The molecule has 0 radical (unpaired) electrons. The van der Waals surface area contributed by atoms with Crippen LogP contribution in [0.15, 0.2) is 65.7 Å². The Balaban J connectivity index is 1.73. The van der Waals surface area contributed by atoms with E-state index in [9.17, 15) is 26.4 Å². The number of nitrogens with zero attached hydrogens (tertiary/aromatic N) is 2. The highest BCUT2D eigenvalue weighted by Gasteiger charge is 2.39. The van der Waals surface area contributed by atoms with Gasteiger partial charge in [0.05, 0.1) is 16.6 Å². The van der Waals surface area contributed by atoms with Crippen molar-refractivity contribution in [2.45, 2.75) is 30.1 Å². The molecule has 162 valence electrons. The lowest BCUT2D eigenvalue weighted by Gasteiger charge is -2.34. The van der Waals surface area contributed by atoms with Gasteiger partial charge in [-0.15, -0.1) is 13.2 Å². The van der Waals surface area contributed by atoms with E-state index in [1.807, 2.05) is 18.2 Å². The normalized spacial score (nSPS) is 18.3. The van der Waals surface area contributed by atoms with Gasteiger partial charge in [-0.1, -0.05) is 24.3 Å². The third-order valence-electron chi connectivity index (χ3n) is 5.06. The maximum Gasteiger partial charge on any atom is 0.573 e. The number of ether oxygens (including phenoxy) is 1. The average Bonchev–Trinajstić information content (AvgIpc) is 2.72. The van der Waals surface area contributed by atoms with Crippen molar-refractivity contribution in [3.63, 3.8) is 0 Å². The summed E-state index contributed by atoms with van der Waals surface area (Å²) < 4.78 is 68.8. The number of pyridine rings is 1. The second kappa shape index (κ2) is 7.93. The number of hydrogen-bond acceptors (Lipinski definition) is 5. The number of hydrogen-bond donors (Lipinski definition) is 0. The van der Waals surface area contributed by atoms with Crippen molar-refractivity contribution in [2.24, 2.45) is 0 Å². The summed E-state index contributed by atoms with van der Waals surface area (Å²) in [5, 5.41) is 1.59. The Morgan fingerprint density at radius 2 is 1.74 bits per heavy atom. The molecule has 0 amide bonds. The van der Waals surface area contributed by atoms with E-state index in [1.54, 1.807) is 18.3 Å². The van der Waals surface area contributed by atoms with E-state index in [-0.39, 0.29) is 30.1 Å². The molecule has 1 aliphatic heterocycles. The quantitative estimate of drug-likeness (QED) is 0.595. The van der Waals surface area contributed by atoms with Crippen LogP contribution in [-0.4, -0.2) is 36.4 Å². The Morgan fingerprint density at radius 3 is 2.45 bits per heavy atom. The molecule has 1 unspecified atom stereocenters. The van der Waals surface area contributed by atoms with Gasteiger partial charge in [0.1, 0.15) is 11.5 Å². The standard InChI is InChI=1S/C21H17F3N2O4S/c22-21(23,24)30-16-5-7-17(8-6-16)31(28,29)26-12-10-15(27)13-19(26)20-18-4-2-1-3-14(18)9-11-25-20/h1-9,11,19H,10,12-13H2. The molecule has 1 fully saturated rings. The largest absolute Gasteiger partial charge is 0.573 e. The molecule has 31 heavy (non-hydrogen) atoms. The van der Waals surface area contributed by atoms with Crippen LogP contribution in [0.2, 0.25) is 0 Å². The molecular weight excluding hydrogens is 433 g/mol. The first-order valence-electron chi connectivity index (χ1n) is 9.38. The molecule has 6 nitrogen and oxygen atoms in total. The van der Waals surface area contributed by atoms with Gasteiger partial charge in [-0.2, -0.15) is 4.31 Å². The minimum atomic E-state index is -4.88. The highest BCUT2D eigenvalue weighted by Crippen LogP contribution is 2.36. The fraction of sp³-hybridized carbons (Fsp3) is 0.238. The SMILES string of the molecule is O=C1CCN(S(=O)(=O)c2ccc(OC(F)(F)F)cc2)C(c2nccc3ccccc23)C1. The Bertz CT molecular complexity index is 1220. The summed E-state index contributed by atoms with van der Waals surface area (Å²) in [5.41, 5.74) is 0.465. The lowest BCUT2D eigenvalue weighted by molar-refractivity contribution is -0.274. The number of carbonyl (C=O) groups is 1. The van der Waals surface area contributed by atoms with E-state index in [0.29, 0.717) is 5.69 Å². The monoisotopic (exact) mass is 450 g/mol. The van der Waals surface area contributed by atoms with E-state index in [0.717, 1.165) is 35.0 Å². The molecule has 0 N–H and O–H groups in total. The molecule has 2 aromatic carbocycles. The zero-order chi connectivity index (χ0) is 22.2. The number of fused-ring (bicyclic) bond motifs is 1. The van der Waals surface area contributed by atoms with Crippen molar-refractivity contribution in [3.05, 3.63) is 66.5 Å². The number of piperidine rings is 1. The van der Waals surface area contributed by atoms with Crippen LogP contribution >= 0.6 is 0 Å². The molecule has 3 aromatic rings. The van der Waals surface area contributed by atoms with Gasteiger partial charge >= 0.3 is 6.36 Å². The smallest absolute Gasteiger partial charge is 0.406 e. The van der Waals surface area contributed by atoms with E-state index in [2.05, 4.69) is 9.72 Å². The molecule has 4 rings (SSSR count). The minimum absolute atomic E-state index is 0.0322. The third kappa shape index (κ3) is 4.40. The zero-order valence-electron chi connectivity index (χ0n) is 16.0. The van der Waals surface area contributed by atoms with Crippen molar-refractivity contribution in [2.75, 3.05) is 6.54 Å². The van der Waals surface area contributed by atoms with Crippen molar-refractivity contribution >= 4 is 26.6 Å². The lowest BCUT2D eigenvalue weighted by atomic mass is 9.97. The number of carbonyl (C=O) groups excluding carboxylic acids is 1. The van der Waals surface area contributed by atoms with Crippen LogP contribution < -0.4 is 4.74 Å². The van der Waals surface area contributed by atoms with Gasteiger partial charge in [-0.25, -0.2) is 8.42 Å². The predicted octanol–water partition coefficient (Wildman–Crippen LogP) is 4.23. The number of sulfonamides is 1. The highest BCUT2D eigenvalue weighted by atomic mass is 32.2. The van der Waals surface area contributed by atoms with Crippen LogP contribution in [0.25, 0.3) is 10.8 Å². The van der Waals surface area contributed by atoms with Crippen molar-refractivity contribution in [1.29, 1.82) is 0 Å². The summed E-state index contributed by atoms with van der Waals surface area (Å²) in [6, 6.07) is 12.3. The van der Waals surface area contributed by atoms with Crippen LogP contribution in [0.5, 0.6) is 5.75 Å². The molecule has 2 heterocycles. The summed E-state index contributed by atoms with van der Waals surface area (Å²) >= 11 is 0. The first kappa shape index (κ1) is 21.3. The van der Waals surface area contributed by atoms with Gasteiger partial charge in [0, 0.05) is 31.0 Å². The van der Waals surface area contributed by atoms with E-state index in [4.69, 9.17) is 0 Å². The van der Waals surface area contributed by atoms with E-state index < -0.39 is 28.2 Å². The molecular formula is C21H17F3N2O4S. The summed E-state index contributed by atoms with van der Waals surface area (Å²) in [6.07, 6.45) is -3.30. The lowest BCUT2D eigenvalue weighted by Crippen LogP contribution is -2.41. The number of ketones is 1. The van der Waals surface area contributed by atoms with Crippen LogP contribution in [0, 0.1) is 0 Å². The highest BCUT2D eigenvalue weighted by molar-refractivity contribution is 7.89. The van der Waals surface area contributed by atoms with E-state index >= 15 is 0 Å². The Labute approximate surface area is 176 Å². The Hall–Kier alpha value is -2.98. The minimum Gasteiger partial charge on any atom is -0.406 e. The second-order valence-corrected chi connectivity index (χ2v) is 8.95. The molecule has 0 aliphatic carbocycles. The number of alkyl halides is 3. The fourth-order valence-corrected chi connectivity index (χ4v) is 5.28. The fourth-order valence-electron chi connectivity index (χ4n) is 3.69. The summed E-state index contributed by atoms with van der Waals surface area (Å²) in [6.45, 7) is -0.0441. The maximum absolute atomic E-state index is 13.3. The third-order valence-corrected chi connectivity index (χ3v) is 6.99. The van der Waals surface area contributed by atoms with Crippen molar-refractivity contribution in [3.8, 4) is 5.75 Å². The summed E-state index contributed by atoms with van der Waals surface area (Å²) in [7, 11) is -4.11. The number of rotatable bonds is 4. The van der Waals surface area contributed by atoms with Gasteiger partial charge in [-0.05, 0) is 35.7 Å². The molecule has 10 heteroatoms.